The van der Waals surface area contributed by atoms with Gasteiger partial charge in [-0.05, 0) is 48.8 Å². The zero-order valence-electron chi connectivity index (χ0n) is 19.5. The Kier molecular flexibility index (Phi) is 6.28. The van der Waals surface area contributed by atoms with Crippen LogP contribution in [-0.4, -0.2) is 48.3 Å². The summed E-state index contributed by atoms with van der Waals surface area (Å²) < 4.78 is 10.5. The minimum Gasteiger partial charge on any atom is -0.497 e. The molecule has 0 radical (unpaired) electrons. The lowest BCUT2D eigenvalue weighted by molar-refractivity contribution is -0.160. The maximum Gasteiger partial charge on any atom is 0.330 e. The third-order valence-corrected chi connectivity index (χ3v) is 7.52. The van der Waals surface area contributed by atoms with E-state index in [1.807, 2.05) is 30.3 Å². The molecule has 5 rings (SSSR count). The lowest BCUT2D eigenvalue weighted by atomic mass is 9.81. The number of methoxy groups -OCH3 is 1. The van der Waals surface area contributed by atoms with Crippen molar-refractivity contribution in [3.05, 3.63) is 60.2 Å². The van der Waals surface area contributed by atoms with Crippen LogP contribution >= 0.6 is 0 Å². The topological polar surface area (TPSA) is 102 Å². The molecule has 2 aromatic carbocycles. The van der Waals surface area contributed by atoms with E-state index in [2.05, 4.69) is 5.32 Å². The highest BCUT2D eigenvalue weighted by Gasteiger charge is 2.62. The van der Waals surface area contributed by atoms with Gasteiger partial charge in [0.2, 0.25) is 11.8 Å². The Balaban J connectivity index is 1.30. The van der Waals surface area contributed by atoms with Crippen molar-refractivity contribution in [1.29, 1.82) is 0 Å². The normalized spacial score (nSPS) is 25.3. The van der Waals surface area contributed by atoms with Crippen molar-refractivity contribution in [3.8, 4) is 5.75 Å². The van der Waals surface area contributed by atoms with Crippen LogP contribution in [0.15, 0.2) is 54.6 Å². The summed E-state index contributed by atoms with van der Waals surface area (Å²) in [5.41, 5.74) is 1.30. The first-order chi connectivity index (χ1) is 17.0. The fraction of sp³-hybridized carbons (Fsp3) is 0.407. The zero-order chi connectivity index (χ0) is 24.5. The van der Waals surface area contributed by atoms with Gasteiger partial charge in [0, 0.05) is 18.2 Å². The van der Waals surface area contributed by atoms with E-state index >= 15 is 0 Å². The quantitative estimate of drug-likeness (QED) is 0.464. The average molecular weight is 477 g/mol. The van der Waals surface area contributed by atoms with E-state index in [0.717, 1.165) is 29.7 Å². The fourth-order valence-electron chi connectivity index (χ4n) is 5.99. The van der Waals surface area contributed by atoms with Crippen LogP contribution in [0.4, 0.5) is 5.69 Å². The van der Waals surface area contributed by atoms with Gasteiger partial charge < -0.3 is 14.8 Å². The van der Waals surface area contributed by atoms with Crippen molar-refractivity contribution >= 4 is 29.4 Å². The Morgan fingerprint density at radius 2 is 1.69 bits per heavy atom. The molecule has 0 spiro atoms. The van der Waals surface area contributed by atoms with Crippen LogP contribution in [0.25, 0.3) is 0 Å². The Hall–Kier alpha value is -3.68. The number of esters is 1. The highest BCUT2D eigenvalue weighted by atomic mass is 16.5. The molecule has 3 amide bonds. The highest BCUT2D eigenvalue weighted by Crippen LogP contribution is 2.56. The van der Waals surface area contributed by atoms with E-state index in [0.29, 0.717) is 11.4 Å². The molecule has 2 saturated carbocycles. The summed E-state index contributed by atoms with van der Waals surface area (Å²) in [6.07, 6.45) is 2.97. The minimum atomic E-state index is -1.10. The van der Waals surface area contributed by atoms with Crippen LogP contribution < -0.4 is 10.1 Å². The van der Waals surface area contributed by atoms with Gasteiger partial charge >= 0.3 is 5.97 Å². The van der Waals surface area contributed by atoms with Crippen molar-refractivity contribution in [2.45, 2.75) is 31.7 Å². The van der Waals surface area contributed by atoms with E-state index < -0.39 is 24.5 Å². The number of fused-ring (bicyclic) bond motifs is 5. The van der Waals surface area contributed by atoms with Crippen LogP contribution in [0.1, 0.15) is 24.8 Å². The van der Waals surface area contributed by atoms with E-state index in [-0.39, 0.29) is 41.9 Å². The molecule has 0 unspecified atom stereocenters. The lowest BCUT2D eigenvalue weighted by Gasteiger charge is -2.26. The van der Waals surface area contributed by atoms with Gasteiger partial charge in [0.15, 0.2) is 6.61 Å². The highest BCUT2D eigenvalue weighted by molar-refractivity contribution is 6.08. The van der Waals surface area contributed by atoms with Crippen LogP contribution in [0, 0.1) is 23.7 Å². The third kappa shape index (κ3) is 4.40. The number of hydrogen-bond acceptors (Lipinski definition) is 6. The summed E-state index contributed by atoms with van der Waals surface area (Å²) in [5.74, 6) is -1.48. The van der Waals surface area contributed by atoms with Gasteiger partial charge in [-0.1, -0.05) is 36.4 Å². The van der Waals surface area contributed by atoms with Gasteiger partial charge in [0.1, 0.15) is 11.8 Å². The van der Waals surface area contributed by atoms with E-state index in [4.69, 9.17) is 9.47 Å². The standard InChI is InChI=1S/C27H28N2O6/c1-34-20-9-5-8-19(14-20)28-22(30)15-35-27(33)21(12-16-6-3-2-4-7-16)29-25(31)23-17-10-11-18(13-17)24(23)26(29)32/h2-9,14,17-18,21,23-24H,10-13,15H2,1H3,(H,28,30)/t17-,18-,21-,23-,24-/m0/s1. The molecule has 8 heteroatoms. The van der Waals surface area contributed by atoms with Gasteiger partial charge in [0.05, 0.1) is 18.9 Å². The molecule has 1 aliphatic heterocycles. The number of imide groups is 1. The van der Waals surface area contributed by atoms with Crippen molar-refractivity contribution < 1.29 is 28.7 Å². The zero-order valence-corrected chi connectivity index (χ0v) is 19.5. The van der Waals surface area contributed by atoms with E-state index in [1.54, 1.807) is 24.3 Å². The molecule has 1 saturated heterocycles. The predicted molar refractivity (Wildman–Crippen MR) is 126 cm³/mol. The number of rotatable bonds is 8. The Morgan fingerprint density at radius 1 is 1.00 bits per heavy atom. The predicted octanol–water partition coefficient (Wildman–Crippen LogP) is 2.82. The van der Waals surface area contributed by atoms with Crippen molar-refractivity contribution in [1.82, 2.24) is 4.90 Å². The van der Waals surface area contributed by atoms with Crippen LogP contribution in [-0.2, 0) is 30.3 Å². The Morgan fingerprint density at radius 3 is 2.34 bits per heavy atom. The molecular weight excluding hydrogens is 448 g/mol. The molecular formula is C27H28N2O6. The van der Waals surface area contributed by atoms with Gasteiger partial charge in [-0.25, -0.2) is 4.79 Å². The number of hydrogen-bond donors (Lipinski definition) is 1. The Bertz CT molecular complexity index is 1120. The van der Waals surface area contributed by atoms with Gasteiger partial charge in [-0.15, -0.1) is 0 Å². The number of ether oxygens (including phenoxy) is 2. The van der Waals surface area contributed by atoms with Crippen LogP contribution in [0.3, 0.4) is 0 Å². The van der Waals surface area contributed by atoms with Crippen molar-refractivity contribution in [2.75, 3.05) is 19.0 Å². The Labute approximate surface area is 203 Å². The molecule has 5 atom stereocenters. The second-order valence-electron chi connectivity index (χ2n) is 9.52. The number of carbonyl (C=O) groups excluding carboxylic acids is 4. The number of benzene rings is 2. The average Bonchev–Trinajstić information content (AvgIpc) is 3.56. The molecule has 35 heavy (non-hydrogen) atoms. The molecule has 2 aliphatic carbocycles. The van der Waals surface area contributed by atoms with Gasteiger partial charge in [-0.3, -0.25) is 19.3 Å². The van der Waals surface area contributed by atoms with E-state index in [9.17, 15) is 19.2 Å². The summed E-state index contributed by atoms with van der Waals surface area (Å²) in [6, 6.07) is 14.9. The monoisotopic (exact) mass is 476 g/mol. The minimum absolute atomic E-state index is 0.142. The summed E-state index contributed by atoms with van der Waals surface area (Å²) in [7, 11) is 1.52. The molecule has 1 heterocycles. The molecule has 3 aliphatic rings. The van der Waals surface area contributed by atoms with Gasteiger partial charge in [-0.2, -0.15) is 0 Å². The van der Waals surface area contributed by atoms with Crippen LogP contribution in [0.2, 0.25) is 0 Å². The largest absolute Gasteiger partial charge is 0.497 e. The second kappa shape index (κ2) is 9.52. The number of carbonyl (C=O) groups is 4. The molecule has 2 bridgehead atoms. The third-order valence-electron chi connectivity index (χ3n) is 7.52. The SMILES string of the molecule is COc1cccc(NC(=O)COC(=O)[C@H](Cc2ccccc2)N2C(=O)[C@H]3[C@H]4CC[C@@H](C4)[C@@H]3C2=O)c1. The maximum absolute atomic E-state index is 13.4. The second-order valence-corrected chi connectivity index (χ2v) is 9.52. The first-order valence-corrected chi connectivity index (χ1v) is 12.0. The smallest absolute Gasteiger partial charge is 0.330 e. The van der Waals surface area contributed by atoms with Crippen LogP contribution in [0.5, 0.6) is 5.75 Å². The molecule has 8 nitrogen and oxygen atoms in total. The first kappa shape index (κ1) is 23.1. The van der Waals surface area contributed by atoms with Crippen molar-refractivity contribution in [3.63, 3.8) is 0 Å². The number of amides is 3. The molecule has 182 valence electrons. The summed E-state index contributed by atoms with van der Waals surface area (Å²) in [5, 5.41) is 2.66. The van der Waals surface area contributed by atoms with Crippen molar-refractivity contribution in [2.24, 2.45) is 23.7 Å². The number of nitrogens with one attached hydrogen (secondary N) is 1. The summed E-state index contributed by atoms with van der Waals surface area (Å²) in [4.78, 5) is 53.5. The van der Waals surface area contributed by atoms with Gasteiger partial charge in [0.25, 0.3) is 5.91 Å². The molecule has 3 fully saturated rings. The lowest BCUT2D eigenvalue weighted by Crippen LogP contribution is -2.48. The maximum atomic E-state index is 13.4. The first-order valence-electron chi connectivity index (χ1n) is 12.0. The molecule has 2 aromatic rings. The molecule has 0 aromatic heterocycles. The summed E-state index contributed by atoms with van der Waals surface area (Å²) >= 11 is 0. The number of anilines is 1. The van der Waals surface area contributed by atoms with E-state index in [1.165, 1.54) is 7.11 Å². The number of nitrogens with zero attached hydrogens (tertiary/aromatic N) is 1. The number of likely N-dealkylation sites (tertiary alicyclic amines) is 1. The summed E-state index contributed by atoms with van der Waals surface area (Å²) in [6.45, 7) is -0.532. The fourth-order valence-corrected chi connectivity index (χ4v) is 5.99. The molecule has 1 N–H and O–H groups in total.